The first-order valence-corrected chi connectivity index (χ1v) is 14.2. The molecule has 0 amide bonds. The van der Waals surface area contributed by atoms with Crippen LogP contribution in [0.15, 0.2) is 60.7 Å². The monoisotopic (exact) mass is 476 g/mol. The van der Waals surface area contributed by atoms with Crippen LogP contribution in [0.5, 0.6) is 0 Å². The Labute approximate surface area is 186 Å². The standard InChI is InChI=1S/C13H9.C5H5.C4H10Si.2ClH.Zr/c1-3-7-12-10(5-1)9-11-6-2-4-8-13(11)12;1-2-4-5-3-1;1-3-5-4-2;;;/h1-5,7-8H,9H2;1-3H,4H2;3-4H2,1-2H3;2*1H;/q2*-1;;;;+2/p-2. The van der Waals surface area contributed by atoms with Gasteiger partial charge in [0.2, 0.25) is 0 Å². The van der Waals surface area contributed by atoms with Crippen LogP contribution >= 0.6 is 0 Å². The van der Waals surface area contributed by atoms with Crippen molar-refractivity contribution in [3.8, 4) is 11.1 Å². The van der Waals surface area contributed by atoms with E-state index in [9.17, 15) is 0 Å². The van der Waals surface area contributed by atoms with E-state index in [1.54, 1.807) is 23.3 Å². The fourth-order valence-electron chi connectivity index (χ4n) is 2.59. The van der Waals surface area contributed by atoms with Crippen LogP contribution in [0.25, 0.3) is 11.1 Å². The second-order valence-corrected chi connectivity index (χ2v) is 13.5. The third-order valence-corrected chi connectivity index (χ3v) is 11.0. The molecule has 0 bridgehead atoms. The summed E-state index contributed by atoms with van der Waals surface area (Å²) < 4.78 is 0. The van der Waals surface area contributed by atoms with Gasteiger partial charge in [0, 0.05) is 0 Å². The van der Waals surface area contributed by atoms with E-state index in [0.29, 0.717) is 0 Å². The molecule has 2 aromatic rings. The second-order valence-electron chi connectivity index (χ2n) is 5.71. The first kappa shape index (κ1) is 25.6. The molecule has 0 atom stereocenters. The SMILES string of the molecule is CC[Si](=[Zr+2])CC.[C-]1=CC=CC1.[Cl-].[Cl-].[c-]1cccc2c1Cc1ccccc1-2. The first-order valence-electron chi connectivity index (χ1n) is 8.62. The van der Waals surface area contributed by atoms with Crippen LogP contribution in [-0.2, 0) is 29.8 Å². The Morgan fingerprint density at radius 1 is 1.00 bits per heavy atom. The molecule has 2 aromatic carbocycles. The molecule has 0 fully saturated rings. The summed E-state index contributed by atoms with van der Waals surface area (Å²) in [6.07, 6.45) is 11.0. The van der Waals surface area contributed by atoms with E-state index in [-0.39, 0.29) is 30.2 Å². The van der Waals surface area contributed by atoms with E-state index in [0.717, 1.165) is 12.8 Å². The number of fused-ring (bicyclic) bond motifs is 3. The molecular formula is C22H24Cl2SiZr-2. The van der Waals surface area contributed by atoms with Gasteiger partial charge in [0.25, 0.3) is 0 Å². The predicted octanol–water partition coefficient (Wildman–Crippen LogP) is -0.0638. The minimum Gasteiger partial charge on any atom is -1.00 e. The molecule has 0 spiro atoms. The molecular weight excluding hydrogens is 454 g/mol. The second kappa shape index (κ2) is 14.6. The summed E-state index contributed by atoms with van der Waals surface area (Å²) in [6.45, 7) is 4.60. The Morgan fingerprint density at radius 2 is 1.69 bits per heavy atom. The summed E-state index contributed by atoms with van der Waals surface area (Å²) in [6, 6.07) is 21.1. The van der Waals surface area contributed by atoms with Crippen molar-refractivity contribution in [2.24, 2.45) is 0 Å². The van der Waals surface area contributed by atoms with Crippen LogP contribution in [0.4, 0.5) is 0 Å². The van der Waals surface area contributed by atoms with Gasteiger partial charge in [-0.2, -0.15) is 35.9 Å². The first-order chi connectivity index (χ1) is 11.8. The number of rotatable bonds is 2. The van der Waals surface area contributed by atoms with Crippen molar-refractivity contribution < 1.29 is 48.1 Å². The number of benzene rings is 2. The van der Waals surface area contributed by atoms with Crippen molar-refractivity contribution in [1.82, 2.24) is 0 Å². The Morgan fingerprint density at radius 3 is 2.23 bits per heavy atom. The number of hydrogen-bond donors (Lipinski definition) is 0. The fourth-order valence-corrected chi connectivity index (χ4v) is 3.09. The predicted molar refractivity (Wildman–Crippen MR) is 102 cm³/mol. The van der Waals surface area contributed by atoms with Gasteiger partial charge in [0.05, 0.1) is 0 Å². The zero-order valence-electron chi connectivity index (χ0n) is 15.4. The van der Waals surface area contributed by atoms with Crippen molar-refractivity contribution in [1.29, 1.82) is 0 Å². The molecule has 136 valence electrons. The van der Waals surface area contributed by atoms with Crippen molar-refractivity contribution >= 4 is 5.43 Å². The van der Waals surface area contributed by atoms with Gasteiger partial charge >= 0.3 is 54.7 Å². The van der Waals surface area contributed by atoms with Crippen LogP contribution < -0.4 is 24.8 Å². The minimum absolute atomic E-state index is 0. The van der Waals surface area contributed by atoms with Gasteiger partial charge < -0.3 is 24.8 Å². The summed E-state index contributed by atoms with van der Waals surface area (Å²) in [4.78, 5) is 0. The molecule has 0 nitrogen and oxygen atoms in total. The summed E-state index contributed by atoms with van der Waals surface area (Å²) >= 11 is 1.80. The third kappa shape index (κ3) is 8.09. The van der Waals surface area contributed by atoms with Crippen LogP contribution in [0.3, 0.4) is 0 Å². The Bertz CT molecular complexity index is 679. The Kier molecular flexibility index (Phi) is 14.4. The summed E-state index contributed by atoms with van der Waals surface area (Å²) in [5.74, 6) is 0. The average molecular weight is 479 g/mol. The zero-order chi connectivity index (χ0) is 17.2. The number of halogens is 2. The van der Waals surface area contributed by atoms with Crippen LogP contribution in [0, 0.1) is 12.1 Å². The zero-order valence-corrected chi connectivity index (χ0v) is 20.3. The largest absolute Gasteiger partial charge is 1.00 e. The van der Waals surface area contributed by atoms with Gasteiger partial charge in [-0.25, -0.2) is 12.2 Å². The average Bonchev–Trinajstić information content (AvgIpc) is 3.32. The maximum atomic E-state index is 3.30. The van der Waals surface area contributed by atoms with Crippen LogP contribution in [-0.4, -0.2) is 5.43 Å². The minimum atomic E-state index is 0. The Hall–Kier alpha value is -0.400. The van der Waals surface area contributed by atoms with Crippen LogP contribution in [0.1, 0.15) is 31.4 Å². The van der Waals surface area contributed by atoms with Gasteiger partial charge in [0.1, 0.15) is 0 Å². The number of allylic oxidation sites excluding steroid dienone is 4. The molecule has 0 heterocycles. The van der Waals surface area contributed by atoms with E-state index < -0.39 is 0 Å². The maximum absolute atomic E-state index is 3.30. The van der Waals surface area contributed by atoms with Gasteiger partial charge in [-0.3, -0.25) is 6.08 Å². The molecule has 0 aromatic heterocycles. The van der Waals surface area contributed by atoms with Crippen molar-refractivity contribution in [3.05, 3.63) is 84.0 Å². The van der Waals surface area contributed by atoms with E-state index in [2.05, 4.69) is 68.5 Å². The van der Waals surface area contributed by atoms with E-state index in [4.69, 9.17) is 0 Å². The molecule has 0 unspecified atom stereocenters. The molecule has 2 aliphatic carbocycles. The topological polar surface area (TPSA) is 0 Å². The molecule has 0 saturated carbocycles. The molecule has 0 saturated heterocycles. The van der Waals surface area contributed by atoms with Crippen molar-refractivity contribution in [3.63, 3.8) is 0 Å². The smallest absolute Gasteiger partial charge is 0.0253 e. The Balaban J connectivity index is 0.000000410. The van der Waals surface area contributed by atoms with Crippen molar-refractivity contribution in [2.45, 2.75) is 38.8 Å². The van der Waals surface area contributed by atoms with Gasteiger partial charge in [0.15, 0.2) is 0 Å². The van der Waals surface area contributed by atoms with Crippen LogP contribution in [0.2, 0.25) is 12.1 Å². The summed E-state index contributed by atoms with van der Waals surface area (Å²) in [5, 5.41) is 0. The van der Waals surface area contributed by atoms with Gasteiger partial charge in [-0.15, -0.1) is 12.0 Å². The number of hydrogen-bond acceptors (Lipinski definition) is 0. The van der Waals surface area contributed by atoms with E-state index >= 15 is 0 Å². The quantitative estimate of drug-likeness (QED) is 0.358. The third-order valence-electron chi connectivity index (χ3n) is 4.06. The molecule has 0 N–H and O–H groups in total. The molecule has 4 heteroatoms. The molecule has 0 radical (unpaired) electrons. The molecule has 2 aliphatic rings. The van der Waals surface area contributed by atoms with Gasteiger partial charge in [-0.1, -0.05) is 35.4 Å². The van der Waals surface area contributed by atoms with Gasteiger partial charge in [-0.05, 0) is 6.42 Å². The molecule has 26 heavy (non-hydrogen) atoms. The van der Waals surface area contributed by atoms with E-state index in [1.807, 2.05) is 18.2 Å². The van der Waals surface area contributed by atoms with E-state index in [1.165, 1.54) is 34.3 Å². The summed E-state index contributed by atoms with van der Waals surface area (Å²) in [7, 11) is 0. The maximum Gasteiger partial charge on any atom is -0.0253 e. The molecule has 4 rings (SSSR count). The normalized spacial score (nSPS) is 11.5. The fraction of sp³-hybridized carbons (Fsp3) is 0.273. The van der Waals surface area contributed by atoms with Crippen molar-refractivity contribution in [2.75, 3.05) is 0 Å². The molecule has 0 aliphatic heterocycles. The summed E-state index contributed by atoms with van der Waals surface area (Å²) in [5.41, 5.74) is 5.73.